The van der Waals surface area contributed by atoms with Crippen LogP contribution in [0.25, 0.3) is 0 Å². The van der Waals surface area contributed by atoms with Crippen molar-refractivity contribution in [2.75, 3.05) is 44.2 Å². The van der Waals surface area contributed by atoms with E-state index in [0.29, 0.717) is 6.54 Å². The number of anilines is 1. The van der Waals surface area contributed by atoms with Gasteiger partial charge in [-0.2, -0.15) is 0 Å². The van der Waals surface area contributed by atoms with E-state index in [-0.39, 0.29) is 23.7 Å². The van der Waals surface area contributed by atoms with Gasteiger partial charge in [0.05, 0.1) is 11.8 Å². The average molecular weight is 399 g/mol. The number of rotatable bonds is 3. The molecule has 3 saturated heterocycles. The Hall–Kier alpha value is -2.11. The molecule has 4 rings (SSSR count). The molecule has 0 aliphatic carbocycles. The molecule has 0 radical (unpaired) electrons. The molecule has 2 amide bonds. The molecule has 0 bridgehead atoms. The molecule has 0 aromatic carbocycles. The summed E-state index contributed by atoms with van der Waals surface area (Å²) in [5.74, 6) is 1.47. The van der Waals surface area contributed by atoms with Gasteiger partial charge in [-0.25, -0.2) is 4.98 Å². The molecule has 0 saturated carbocycles. The van der Waals surface area contributed by atoms with Gasteiger partial charge in [-0.1, -0.05) is 18.9 Å². The van der Waals surface area contributed by atoms with Gasteiger partial charge in [-0.3, -0.25) is 9.59 Å². The minimum absolute atomic E-state index is 0.0118. The smallest absolute Gasteiger partial charge is 0.227 e. The fraction of sp³-hybridized carbons (Fsp3) is 0.696. The predicted octanol–water partition coefficient (Wildman–Crippen LogP) is 2.94. The largest absolute Gasteiger partial charge is 0.356 e. The summed E-state index contributed by atoms with van der Waals surface area (Å²) in [7, 11) is 0. The second-order valence-electron chi connectivity index (χ2n) is 8.84. The molecule has 0 spiro atoms. The maximum Gasteiger partial charge on any atom is 0.227 e. The van der Waals surface area contributed by atoms with Crippen LogP contribution in [0, 0.1) is 11.8 Å². The number of nitrogens with zero attached hydrogens (tertiary/aromatic N) is 4. The number of carbonyl (C=O) groups is 2. The monoisotopic (exact) mass is 398 g/mol. The molecule has 6 nitrogen and oxygen atoms in total. The third-order valence-electron chi connectivity index (χ3n) is 6.74. The Morgan fingerprint density at radius 2 is 1.41 bits per heavy atom. The molecule has 3 fully saturated rings. The quantitative estimate of drug-likeness (QED) is 0.786. The number of hydrogen-bond acceptors (Lipinski definition) is 4. The molecule has 2 atom stereocenters. The summed E-state index contributed by atoms with van der Waals surface area (Å²) >= 11 is 0. The maximum atomic E-state index is 13.3. The van der Waals surface area contributed by atoms with Crippen molar-refractivity contribution >= 4 is 17.6 Å². The lowest BCUT2D eigenvalue weighted by atomic mass is 9.92. The highest BCUT2D eigenvalue weighted by Gasteiger charge is 2.35. The third-order valence-corrected chi connectivity index (χ3v) is 6.74. The lowest BCUT2D eigenvalue weighted by Crippen LogP contribution is -2.51. The Bertz CT molecular complexity index is 687. The number of amides is 2. The van der Waals surface area contributed by atoms with Crippen LogP contribution in [0.1, 0.15) is 51.4 Å². The number of pyridine rings is 1. The normalized spacial score (nSPS) is 26.1. The molecule has 4 heterocycles. The first kappa shape index (κ1) is 20.2. The van der Waals surface area contributed by atoms with Gasteiger partial charge >= 0.3 is 0 Å². The summed E-state index contributed by atoms with van der Waals surface area (Å²) in [6.07, 6.45) is 10.3. The van der Waals surface area contributed by atoms with Crippen molar-refractivity contribution < 1.29 is 9.59 Å². The molecule has 3 aliphatic heterocycles. The highest BCUT2D eigenvalue weighted by Crippen LogP contribution is 2.26. The van der Waals surface area contributed by atoms with Gasteiger partial charge in [0.15, 0.2) is 0 Å². The van der Waals surface area contributed by atoms with Gasteiger partial charge in [0.1, 0.15) is 5.82 Å². The first-order valence-electron chi connectivity index (χ1n) is 11.5. The van der Waals surface area contributed by atoms with Crippen LogP contribution in [0.2, 0.25) is 0 Å². The zero-order chi connectivity index (χ0) is 20.1. The van der Waals surface area contributed by atoms with Gasteiger partial charge in [-0.05, 0) is 50.7 Å². The van der Waals surface area contributed by atoms with Crippen molar-refractivity contribution in [3.63, 3.8) is 0 Å². The Labute approximate surface area is 174 Å². The molecule has 6 heteroatoms. The van der Waals surface area contributed by atoms with E-state index in [4.69, 9.17) is 0 Å². The SMILES string of the molecule is O=C(C1CCCN(C(=O)C2CCCN(c3ccccn3)C2)C1)N1CCCCCC1. The molecular formula is C23H34N4O2. The second-order valence-corrected chi connectivity index (χ2v) is 8.84. The summed E-state index contributed by atoms with van der Waals surface area (Å²) in [6, 6.07) is 5.94. The van der Waals surface area contributed by atoms with Gasteiger partial charge < -0.3 is 14.7 Å². The number of likely N-dealkylation sites (tertiary alicyclic amines) is 2. The van der Waals surface area contributed by atoms with Crippen LogP contribution >= 0.6 is 0 Å². The molecule has 2 unspecified atom stereocenters. The zero-order valence-corrected chi connectivity index (χ0v) is 17.5. The molecule has 158 valence electrons. The van der Waals surface area contributed by atoms with Gasteiger partial charge in [0, 0.05) is 45.5 Å². The van der Waals surface area contributed by atoms with Crippen molar-refractivity contribution in [3.8, 4) is 0 Å². The van der Waals surface area contributed by atoms with Crippen molar-refractivity contribution in [3.05, 3.63) is 24.4 Å². The topological polar surface area (TPSA) is 56.8 Å². The lowest BCUT2D eigenvalue weighted by molar-refractivity contribution is -0.143. The molecule has 29 heavy (non-hydrogen) atoms. The number of aromatic nitrogens is 1. The summed E-state index contributed by atoms with van der Waals surface area (Å²) in [5.41, 5.74) is 0. The van der Waals surface area contributed by atoms with Crippen molar-refractivity contribution in [2.45, 2.75) is 51.4 Å². The van der Waals surface area contributed by atoms with Crippen LogP contribution in [0.3, 0.4) is 0 Å². The van der Waals surface area contributed by atoms with Crippen LogP contribution in [0.15, 0.2) is 24.4 Å². The van der Waals surface area contributed by atoms with Crippen molar-refractivity contribution in [2.24, 2.45) is 11.8 Å². The van der Waals surface area contributed by atoms with Gasteiger partial charge in [-0.15, -0.1) is 0 Å². The Morgan fingerprint density at radius 3 is 2.14 bits per heavy atom. The Balaban J connectivity index is 1.36. The van der Waals surface area contributed by atoms with E-state index in [1.165, 1.54) is 12.8 Å². The molecule has 3 aliphatic rings. The number of piperidine rings is 2. The summed E-state index contributed by atoms with van der Waals surface area (Å²) in [5, 5.41) is 0. The third kappa shape index (κ3) is 4.90. The minimum atomic E-state index is -0.0127. The van der Waals surface area contributed by atoms with Crippen molar-refractivity contribution in [1.29, 1.82) is 0 Å². The minimum Gasteiger partial charge on any atom is -0.356 e. The lowest BCUT2D eigenvalue weighted by Gasteiger charge is -2.39. The zero-order valence-electron chi connectivity index (χ0n) is 17.5. The average Bonchev–Trinajstić information content (AvgIpc) is 3.08. The predicted molar refractivity (Wildman–Crippen MR) is 114 cm³/mol. The van der Waals surface area contributed by atoms with E-state index in [9.17, 15) is 9.59 Å². The first-order chi connectivity index (χ1) is 14.2. The van der Waals surface area contributed by atoms with Crippen LogP contribution in [0.4, 0.5) is 5.82 Å². The van der Waals surface area contributed by atoms with E-state index >= 15 is 0 Å². The first-order valence-corrected chi connectivity index (χ1v) is 11.5. The van der Waals surface area contributed by atoms with E-state index in [2.05, 4.69) is 14.8 Å². The molecule has 0 N–H and O–H groups in total. The molecular weight excluding hydrogens is 364 g/mol. The van der Waals surface area contributed by atoms with Crippen LogP contribution in [-0.4, -0.2) is 65.9 Å². The van der Waals surface area contributed by atoms with Crippen LogP contribution in [0.5, 0.6) is 0 Å². The van der Waals surface area contributed by atoms with Crippen LogP contribution < -0.4 is 4.90 Å². The van der Waals surface area contributed by atoms with Gasteiger partial charge in [0.2, 0.25) is 11.8 Å². The number of hydrogen-bond donors (Lipinski definition) is 0. The van der Waals surface area contributed by atoms with Crippen molar-refractivity contribution in [1.82, 2.24) is 14.8 Å². The van der Waals surface area contributed by atoms with E-state index in [1.54, 1.807) is 0 Å². The summed E-state index contributed by atoms with van der Waals surface area (Å²) in [4.78, 5) is 37.1. The van der Waals surface area contributed by atoms with E-state index in [1.807, 2.05) is 29.3 Å². The van der Waals surface area contributed by atoms with Gasteiger partial charge in [0.25, 0.3) is 0 Å². The van der Waals surface area contributed by atoms with E-state index < -0.39 is 0 Å². The fourth-order valence-corrected chi connectivity index (χ4v) is 5.11. The highest BCUT2D eigenvalue weighted by molar-refractivity contribution is 5.83. The maximum absolute atomic E-state index is 13.3. The standard InChI is InChI=1S/C23H34N4O2/c28-22(25-13-5-1-2-6-14-25)20-10-8-16-27(18-20)23(29)19-9-7-15-26(17-19)21-11-3-4-12-24-21/h3-4,11-12,19-20H,1-2,5-10,13-18H2. The second kappa shape index (κ2) is 9.59. The molecule has 1 aromatic heterocycles. The molecule has 1 aromatic rings. The summed E-state index contributed by atoms with van der Waals surface area (Å²) < 4.78 is 0. The summed E-state index contributed by atoms with van der Waals surface area (Å²) in [6.45, 7) is 4.88. The number of carbonyl (C=O) groups excluding carboxylic acids is 2. The fourth-order valence-electron chi connectivity index (χ4n) is 5.11. The Kier molecular flexibility index (Phi) is 6.67. The Morgan fingerprint density at radius 1 is 0.759 bits per heavy atom. The van der Waals surface area contributed by atoms with E-state index in [0.717, 1.165) is 77.1 Å². The van der Waals surface area contributed by atoms with Crippen LogP contribution in [-0.2, 0) is 9.59 Å². The highest BCUT2D eigenvalue weighted by atomic mass is 16.2.